The van der Waals surface area contributed by atoms with Crippen molar-refractivity contribution in [2.45, 2.75) is 25.9 Å². The maximum absolute atomic E-state index is 5.47. The highest BCUT2D eigenvalue weighted by Crippen LogP contribution is 2.34. The first-order valence-electron chi connectivity index (χ1n) is 7.47. The Morgan fingerprint density at radius 1 is 1.33 bits per heavy atom. The number of nitrogens with one attached hydrogen (secondary N) is 1. The molecule has 118 valence electrons. The van der Waals surface area contributed by atoms with Crippen LogP contribution < -0.4 is 14.8 Å². The van der Waals surface area contributed by atoms with Gasteiger partial charge in [0.15, 0.2) is 11.5 Å². The summed E-state index contributed by atoms with van der Waals surface area (Å²) in [6, 6.07) is 6.81. The van der Waals surface area contributed by atoms with Crippen molar-refractivity contribution < 1.29 is 14.2 Å². The number of benzene rings is 1. The van der Waals surface area contributed by atoms with Crippen LogP contribution in [0.2, 0.25) is 0 Å². The van der Waals surface area contributed by atoms with E-state index in [1.807, 2.05) is 6.07 Å². The molecule has 0 spiro atoms. The van der Waals surface area contributed by atoms with E-state index >= 15 is 0 Å². The summed E-state index contributed by atoms with van der Waals surface area (Å²) in [5.41, 5.74) is 1.22. The molecule has 5 heteroatoms. The van der Waals surface area contributed by atoms with Gasteiger partial charge in [0.2, 0.25) is 6.79 Å². The molecule has 1 aliphatic rings. The van der Waals surface area contributed by atoms with Gasteiger partial charge in [-0.3, -0.25) is 4.90 Å². The Balaban J connectivity index is 2.07. The molecule has 1 aliphatic heterocycles. The minimum atomic E-state index is 0.258. The average Bonchev–Trinajstić information content (AvgIpc) is 2.94. The van der Waals surface area contributed by atoms with Crippen molar-refractivity contribution in [3.63, 3.8) is 0 Å². The van der Waals surface area contributed by atoms with E-state index in [-0.39, 0.29) is 6.04 Å². The first kappa shape index (κ1) is 16.1. The van der Waals surface area contributed by atoms with E-state index in [9.17, 15) is 0 Å². The molecule has 0 aromatic heterocycles. The molecule has 0 radical (unpaired) electrons. The van der Waals surface area contributed by atoms with Crippen LogP contribution in [-0.4, -0.2) is 51.6 Å². The Hall–Kier alpha value is -1.30. The fraction of sp³-hybridized carbons (Fsp3) is 0.625. The fourth-order valence-corrected chi connectivity index (χ4v) is 2.50. The van der Waals surface area contributed by atoms with Crippen LogP contribution in [0.15, 0.2) is 18.2 Å². The molecule has 2 rings (SSSR count). The first-order valence-corrected chi connectivity index (χ1v) is 7.47. The smallest absolute Gasteiger partial charge is 0.231 e. The van der Waals surface area contributed by atoms with Crippen LogP contribution in [0.1, 0.15) is 25.5 Å². The van der Waals surface area contributed by atoms with E-state index < -0.39 is 0 Å². The summed E-state index contributed by atoms with van der Waals surface area (Å²) in [7, 11) is 3.87. The molecule has 0 saturated carbocycles. The number of hydrogen-bond donors (Lipinski definition) is 1. The van der Waals surface area contributed by atoms with Gasteiger partial charge in [-0.1, -0.05) is 13.0 Å². The fourth-order valence-electron chi connectivity index (χ4n) is 2.50. The zero-order valence-electron chi connectivity index (χ0n) is 13.4. The van der Waals surface area contributed by atoms with E-state index in [1.165, 1.54) is 5.56 Å². The highest BCUT2D eigenvalue weighted by molar-refractivity contribution is 5.45. The molecular formula is C16H26N2O3. The van der Waals surface area contributed by atoms with Crippen molar-refractivity contribution in [1.82, 2.24) is 10.2 Å². The van der Waals surface area contributed by atoms with Gasteiger partial charge >= 0.3 is 0 Å². The van der Waals surface area contributed by atoms with Crippen molar-refractivity contribution in [3.05, 3.63) is 23.8 Å². The molecule has 2 atom stereocenters. The van der Waals surface area contributed by atoms with Crippen LogP contribution in [0.25, 0.3) is 0 Å². The van der Waals surface area contributed by atoms with E-state index in [0.717, 1.165) is 31.2 Å². The van der Waals surface area contributed by atoms with Gasteiger partial charge in [-0.25, -0.2) is 0 Å². The number of methoxy groups -OCH3 is 1. The molecule has 0 aliphatic carbocycles. The minimum absolute atomic E-state index is 0.258. The minimum Gasteiger partial charge on any atom is -0.454 e. The molecule has 1 aromatic carbocycles. The van der Waals surface area contributed by atoms with E-state index in [4.69, 9.17) is 14.2 Å². The second kappa shape index (κ2) is 7.64. The summed E-state index contributed by atoms with van der Waals surface area (Å²) in [5, 5.41) is 3.54. The van der Waals surface area contributed by atoms with E-state index in [2.05, 4.69) is 43.2 Å². The molecule has 1 heterocycles. The monoisotopic (exact) mass is 294 g/mol. The normalized spacial score (nSPS) is 16.2. The molecule has 1 aromatic rings. The third-order valence-electron chi connectivity index (χ3n) is 3.88. The van der Waals surface area contributed by atoms with Crippen LogP contribution in [0.5, 0.6) is 11.5 Å². The summed E-state index contributed by atoms with van der Waals surface area (Å²) in [5.74, 6) is 1.66. The van der Waals surface area contributed by atoms with Crippen LogP contribution in [-0.2, 0) is 4.74 Å². The number of ether oxygens (including phenoxy) is 3. The second-order valence-corrected chi connectivity index (χ2v) is 5.47. The van der Waals surface area contributed by atoms with Crippen LogP contribution in [0.3, 0.4) is 0 Å². The molecule has 21 heavy (non-hydrogen) atoms. The highest BCUT2D eigenvalue weighted by atomic mass is 16.7. The summed E-state index contributed by atoms with van der Waals surface area (Å²) < 4.78 is 16.1. The Bertz CT molecular complexity index is 453. The lowest BCUT2D eigenvalue weighted by atomic mass is 10.0. The van der Waals surface area contributed by atoms with Gasteiger partial charge in [0.05, 0.1) is 6.61 Å². The van der Waals surface area contributed by atoms with Crippen molar-refractivity contribution in [1.29, 1.82) is 0 Å². The number of likely N-dealkylation sites (N-methyl/N-ethyl adjacent to an activating group) is 2. The topological polar surface area (TPSA) is 43.0 Å². The van der Waals surface area contributed by atoms with E-state index in [1.54, 1.807) is 7.11 Å². The molecule has 0 amide bonds. The Morgan fingerprint density at radius 3 is 2.81 bits per heavy atom. The number of fused-ring (bicyclic) bond motifs is 1. The van der Waals surface area contributed by atoms with Gasteiger partial charge in [-0.15, -0.1) is 0 Å². The molecule has 0 bridgehead atoms. The largest absolute Gasteiger partial charge is 0.454 e. The predicted octanol–water partition coefficient (Wildman–Crippen LogP) is 2.03. The summed E-state index contributed by atoms with van der Waals surface area (Å²) in [6.07, 6.45) is 0. The van der Waals surface area contributed by atoms with Crippen molar-refractivity contribution >= 4 is 0 Å². The first-order chi connectivity index (χ1) is 10.2. The lowest BCUT2D eigenvalue weighted by Crippen LogP contribution is -2.39. The van der Waals surface area contributed by atoms with Crippen molar-refractivity contribution in [3.8, 4) is 11.5 Å². The molecule has 0 fully saturated rings. The van der Waals surface area contributed by atoms with Gasteiger partial charge in [-0.2, -0.15) is 0 Å². The second-order valence-electron chi connectivity index (χ2n) is 5.47. The van der Waals surface area contributed by atoms with Crippen LogP contribution in [0, 0.1) is 0 Å². The Kier molecular flexibility index (Phi) is 5.85. The van der Waals surface area contributed by atoms with Crippen molar-refractivity contribution in [2.75, 3.05) is 40.6 Å². The predicted molar refractivity (Wildman–Crippen MR) is 83.0 cm³/mol. The van der Waals surface area contributed by atoms with Crippen LogP contribution >= 0.6 is 0 Å². The maximum Gasteiger partial charge on any atom is 0.231 e. The maximum atomic E-state index is 5.47. The quantitative estimate of drug-likeness (QED) is 0.795. The van der Waals surface area contributed by atoms with Gasteiger partial charge in [0, 0.05) is 25.7 Å². The molecule has 5 nitrogen and oxygen atoms in total. The number of rotatable bonds is 8. The number of nitrogens with zero attached hydrogens (tertiary/aromatic N) is 1. The molecule has 0 saturated heterocycles. The highest BCUT2D eigenvalue weighted by Gasteiger charge is 2.20. The Morgan fingerprint density at radius 2 is 2.10 bits per heavy atom. The average molecular weight is 294 g/mol. The third-order valence-corrected chi connectivity index (χ3v) is 3.88. The van der Waals surface area contributed by atoms with Crippen molar-refractivity contribution in [2.24, 2.45) is 0 Å². The summed E-state index contributed by atoms with van der Waals surface area (Å²) in [4.78, 5) is 2.31. The van der Waals surface area contributed by atoms with Gasteiger partial charge in [-0.05, 0) is 38.2 Å². The van der Waals surface area contributed by atoms with Crippen LogP contribution in [0.4, 0.5) is 0 Å². The number of hydrogen-bond acceptors (Lipinski definition) is 5. The molecule has 2 unspecified atom stereocenters. The Labute approximate surface area is 127 Å². The zero-order chi connectivity index (χ0) is 15.2. The third kappa shape index (κ3) is 4.09. The van der Waals surface area contributed by atoms with E-state index in [0.29, 0.717) is 12.8 Å². The SMILES string of the molecule is CCNC(CN(C)C(C)COC)c1ccc2c(c1)OCO2. The molecule has 1 N–H and O–H groups in total. The lowest BCUT2D eigenvalue weighted by Gasteiger charge is -2.29. The molecular weight excluding hydrogens is 268 g/mol. The summed E-state index contributed by atoms with van der Waals surface area (Å²) in [6.45, 7) is 7.18. The summed E-state index contributed by atoms with van der Waals surface area (Å²) >= 11 is 0. The lowest BCUT2D eigenvalue weighted by molar-refractivity contribution is 0.109. The zero-order valence-corrected chi connectivity index (χ0v) is 13.4. The van der Waals surface area contributed by atoms with Gasteiger partial charge in [0.1, 0.15) is 0 Å². The standard InChI is InChI=1S/C16H26N2O3/c1-5-17-14(9-18(3)12(2)10-19-4)13-6-7-15-16(8-13)21-11-20-15/h6-8,12,14,17H,5,9-11H2,1-4H3. The van der Waals surface area contributed by atoms with Gasteiger partial charge < -0.3 is 19.5 Å². The van der Waals surface area contributed by atoms with Gasteiger partial charge in [0.25, 0.3) is 0 Å².